The Kier molecular flexibility index (Phi) is 7.26. The number of hydrogen-bond acceptors (Lipinski definition) is 5. The molecule has 1 heterocycles. The second kappa shape index (κ2) is 9.92. The van der Waals surface area contributed by atoms with Gasteiger partial charge in [-0.2, -0.15) is 4.68 Å². The monoisotopic (exact) mass is 466 g/mol. The van der Waals surface area contributed by atoms with Gasteiger partial charge in [0.15, 0.2) is 5.82 Å². The van der Waals surface area contributed by atoms with Gasteiger partial charge in [0.05, 0.1) is 22.9 Å². The molecule has 8 nitrogen and oxygen atoms in total. The fourth-order valence-electron chi connectivity index (χ4n) is 2.90. The molecule has 0 fully saturated rings. The van der Waals surface area contributed by atoms with Gasteiger partial charge >= 0.3 is 5.69 Å². The summed E-state index contributed by atoms with van der Waals surface area (Å²) in [5.41, 5.74) is -1.43. The first kappa shape index (κ1) is 23.4. The lowest BCUT2D eigenvalue weighted by Crippen LogP contribution is -2.23. The fourth-order valence-corrected chi connectivity index (χ4v) is 3.11. The third-order valence-electron chi connectivity index (χ3n) is 4.69. The van der Waals surface area contributed by atoms with Crippen molar-refractivity contribution in [3.05, 3.63) is 68.9 Å². The van der Waals surface area contributed by atoms with Gasteiger partial charge in [-0.3, -0.25) is 9.36 Å². The molecule has 11 heteroatoms. The van der Waals surface area contributed by atoms with Gasteiger partial charge in [-0.25, -0.2) is 13.6 Å². The number of carbonyl (C=O) groups is 1. The van der Waals surface area contributed by atoms with E-state index in [2.05, 4.69) is 10.4 Å². The van der Waals surface area contributed by atoms with Crippen LogP contribution in [0.15, 0.2) is 35.1 Å². The van der Waals surface area contributed by atoms with Crippen LogP contribution in [-0.4, -0.2) is 32.0 Å². The fraction of sp³-hybridized carbons (Fsp3) is 0.286. The number of nitrogens with zero attached hydrogens (tertiary/aromatic N) is 3. The number of aromatic nitrogens is 3. The van der Waals surface area contributed by atoms with Crippen LogP contribution in [0.1, 0.15) is 35.9 Å². The van der Waals surface area contributed by atoms with Crippen molar-refractivity contribution in [1.29, 1.82) is 0 Å². The van der Waals surface area contributed by atoms with Gasteiger partial charge in [0, 0.05) is 13.1 Å². The molecule has 0 saturated heterocycles. The number of benzene rings is 2. The van der Waals surface area contributed by atoms with E-state index < -0.39 is 29.8 Å². The molecule has 0 atom stereocenters. The van der Waals surface area contributed by atoms with Crippen LogP contribution in [0.25, 0.3) is 5.69 Å². The Morgan fingerprint density at radius 1 is 1.28 bits per heavy atom. The van der Waals surface area contributed by atoms with Gasteiger partial charge in [0.2, 0.25) is 0 Å². The lowest BCUT2D eigenvalue weighted by Gasteiger charge is -2.15. The molecule has 1 aromatic heterocycles. The molecule has 0 aliphatic heterocycles. The van der Waals surface area contributed by atoms with Crippen LogP contribution in [0.3, 0.4) is 0 Å². The molecule has 0 radical (unpaired) electrons. The smallest absolute Gasteiger partial charge is 0.350 e. The van der Waals surface area contributed by atoms with E-state index in [4.69, 9.17) is 16.3 Å². The average Bonchev–Trinajstić information content (AvgIpc) is 3.05. The van der Waals surface area contributed by atoms with E-state index in [1.54, 1.807) is 0 Å². The zero-order valence-electron chi connectivity index (χ0n) is 17.4. The van der Waals surface area contributed by atoms with E-state index in [-0.39, 0.29) is 40.1 Å². The van der Waals surface area contributed by atoms with Crippen molar-refractivity contribution >= 4 is 23.2 Å². The Hall–Kier alpha value is -3.24. The van der Waals surface area contributed by atoms with E-state index >= 15 is 0 Å². The first-order valence-corrected chi connectivity index (χ1v) is 10.1. The van der Waals surface area contributed by atoms with Crippen LogP contribution in [0, 0.1) is 11.6 Å². The summed E-state index contributed by atoms with van der Waals surface area (Å²) >= 11 is 5.96. The molecule has 0 saturated carbocycles. The Bertz CT molecular complexity index is 1190. The Balaban J connectivity index is 2.07. The minimum Gasteiger partial charge on any atom is -0.493 e. The molecule has 0 spiro atoms. The van der Waals surface area contributed by atoms with E-state index in [1.165, 1.54) is 25.2 Å². The highest BCUT2D eigenvalue weighted by atomic mass is 35.5. The number of anilines is 1. The van der Waals surface area contributed by atoms with Crippen LogP contribution >= 0.6 is 11.6 Å². The number of hydrogen-bond donors (Lipinski definition) is 2. The average molecular weight is 467 g/mol. The summed E-state index contributed by atoms with van der Waals surface area (Å²) in [5.74, 6) is -2.55. The highest BCUT2D eigenvalue weighted by molar-refractivity contribution is 6.34. The number of halogens is 3. The summed E-state index contributed by atoms with van der Waals surface area (Å²) in [6.07, 6.45) is 1.46. The molecular weight excluding hydrogens is 446 g/mol. The summed E-state index contributed by atoms with van der Waals surface area (Å²) in [6.45, 7) is 1.64. The largest absolute Gasteiger partial charge is 0.493 e. The second-order valence-electron chi connectivity index (χ2n) is 6.88. The molecular formula is C21H21ClF2N4O4. The van der Waals surface area contributed by atoms with Crippen molar-refractivity contribution in [3.63, 3.8) is 0 Å². The third-order valence-corrected chi connectivity index (χ3v) is 5.01. The summed E-state index contributed by atoms with van der Waals surface area (Å²) in [5, 5.41) is 15.5. The van der Waals surface area contributed by atoms with Crippen LogP contribution in [0.4, 0.5) is 14.5 Å². The van der Waals surface area contributed by atoms with Gasteiger partial charge in [0.25, 0.3) is 5.91 Å². The first-order chi connectivity index (χ1) is 15.3. The highest BCUT2D eigenvalue weighted by Crippen LogP contribution is 2.29. The number of rotatable bonds is 8. The van der Waals surface area contributed by atoms with Gasteiger partial charge < -0.3 is 15.2 Å². The van der Waals surface area contributed by atoms with Crippen molar-refractivity contribution < 1.29 is 23.4 Å². The maximum atomic E-state index is 15.0. The van der Waals surface area contributed by atoms with Crippen molar-refractivity contribution in [2.75, 3.05) is 11.9 Å². The van der Waals surface area contributed by atoms with Crippen molar-refractivity contribution in [3.8, 4) is 11.4 Å². The zero-order chi connectivity index (χ0) is 23.4. The number of ether oxygens (including phenoxy) is 1. The standard InChI is InChI=1S/C21H21ClF2N4O4/c1-3-4-8-32-17-10-16(28-21(31)27(2)18(11-29)26-28)15(24)9-12(17)20(30)25-19-13(22)6-5-7-14(19)23/h5-7,9-10,29H,3-4,8,11H2,1-2H3,(H,25,30). The number of para-hydroxylation sites is 1. The molecule has 0 bridgehead atoms. The number of amides is 1. The number of unbranched alkanes of at least 4 members (excludes halogenated alkanes) is 1. The topological polar surface area (TPSA) is 98.4 Å². The summed E-state index contributed by atoms with van der Waals surface area (Å²) in [6, 6.07) is 5.94. The molecule has 3 rings (SSSR count). The lowest BCUT2D eigenvalue weighted by molar-refractivity contribution is 0.102. The molecule has 3 aromatic rings. The molecule has 2 N–H and O–H groups in total. The Labute approximate surface area is 187 Å². The predicted molar refractivity (Wildman–Crippen MR) is 114 cm³/mol. The van der Waals surface area contributed by atoms with E-state index in [9.17, 15) is 23.5 Å². The summed E-state index contributed by atoms with van der Waals surface area (Å²) < 4.78 is 36.6. The second-order valence-corrected chi connectivity index (χ2v) is 7.29. The van der Waals surface area contributed by atoms with Crippen LogP contribution < -0.4 is 15.7 Å². The van der Waals surface area contributed by atoms with Crippen LogP contribution in [0.2, 0.25) is 5.02 Å². The highest BCUT2D eigenvalue weighted by Gasteiger charge is 2.22. The van der Waals surface area contributed by atoms with Crippen LogP contribution in [0.5, 0.6) is 5.75 Å². The minimum absolute atomic E-state index is 0.0251. The molecule has 32 heavy (non-hydrogen) atoms. The molecule has 0 aliphatic carbocycles. The molecule has 1 amide bonds. The lowest BCUT2D eigenvalue weighted by atomic mass is 10.1. The number of carbonyl (C=O) groups excluding carboxylic acids is 1. The number of nitrogens with one attached hydrogen (secondary N) is 1. The molecule has 170 valence electrons. The first-order valence-electron chi connectivity index (χ1n) is 9.76. The quantitative estimate of drug-likeness (QED) is 0.496. The van der Waals surface area contributed by atoms with Gasteiger partial charge in [0.1, 0.15) is 29.7 Å². The normalized spacial score (nSPS) is 10.9. The zero-order valence-corrected chi connectivity index (χ0v) is 18.1. The third kappa shape index (κ3) is 4.66. The predicted octanol–water partition coefficient (Wildman–Crippen LogP) is 3.43. The van der Waals surface area contributed by atoms with Gasteiger partial charge in [-0.15, -0.1) is 5.10 Å². The van der Waals surface area contributed by atoms with Crippen molar-refractivity contribution in [1.82, 2.24) is 14.3 Å². The number of aliphatic hydroxyl groups excluding tert-OH is 1. The molecule has 0 aliphatic rings. The SMILES string of the molecule is CCCCOc1cc(-n2nc(CO)n(C)c2=O)c(F)cc1C(=O)Nc1c(F)cccc1Cl. The summed E-state index contributed by atoms with van der Waals surface area (Å²) in [7, 11) is 1.38. The molecule has 0 unspecified atom stereocenters. The van der Waals surface area contributed by atoms with Gasteiger partial charge in [-0.05, 0) is 24.6 Å². The van der Waals surface area contributed by atoms with Gasteiger partial charge in [-0.1, -0.05) is 31.0 Å². The van der Waals surface area contributed by atoms with Crippen molar-refractivity contribution in [2.45, 2.75) is 26.4 Å². The van der Waals surface area contributed by atoms with E-state index in [0.29, 0.717) is 6.42 Å². The molecule has 2 aromatic carbocycles. The van der Waals surface area contributed by atoms with Crippen molar-refractivity contribution in [2.24, 2.45) is 7.05 Å². The summed E-state index contributed by atoms with van der Waals surface area (Å²) in [4.78, 5) is 25.3. The van der Waals surface area contributed by atoms with E-state index in [1.807, 2.05) is 6.92 Å². The van der Waals surface area contributed by atoms with E-state index in [0.717, 1.165) is 27.8 Å². The Morgan fingerprint density at radius 2 is 2.03 bits per heavy atom. The maximum Gasteiger partial charge on any atom is 0.350 e. The van der Waals surface area contributed by atoms with Crippen LogP contribution in [-0.2, 0) is 13.7 Å². The minimum atomic E-state index is -0.942. The maximum absolute atomic E-state index is 15.0. The number of aliphatic hydroxyl groups is 1. The Morgan fingerprint density at radius 3 is 2.66 bits per heavy atom.